The maximum Gasteiger partial charge on any atom is 0.244 e. The lowest BCUT2D eigenvalue weighted by Crippen LogP contribution is -2.26. The number of pyridine rings is 1. The van der Waals surface area contributed by atoms with Crippen molar-refractivity contribution in [1.82, 2.24) is 10.3 Å². The SMILES string of the molecule is CC(C)(I)c1ccc(-c2ccc(OCCNC(=O)/C=C/c3cccnc3)c(Cl)c2)s1. The molecule has 0 atom stereocenters. The van der Waals surface area contributed by atoms with Crippen LogP contribution in [0.25, 0.3) is 16.5 Å². The largest absolute Gasteiger partial charge is 0.490 e. The molecule has 0 aliphatic carbocycles. The van der Waals surface area contributed by atoms with E-state index in [4.69, 9.17) is 16.3 Å². The van der Waals surface area contributed by atoms with Crippen molar-refractivity contribution in [2.45, 2.75) is 17.3 Å². The number of halogens is 2. The van der Waals surface area contributed by atoms with Crippen molar-refractivity contribution >= 4 is 57.5 Å². The van der Waals surface area contributed by atoms with Crippen molar-refractivity contribution in [3.8, 4) is 16.2 Å². The first kappa shape index (κ1) is 22.8. The number of hydrogen-bond acceptors (Lipinski definition) is 4. The molecule has 1 aromatic carbocycles. The minimum atomic E-state index is -0.185. The first-order chi connectivity index (χ1) is 14.3. The van der Waals surface area contributed by atoms with Crippen LogP contribution in [0.5, 0.6) is 5.75 Å². The number of carbonyl (C=O) groups is 1. The average molecular weight is 553 g/mol. The van der Waals surface area contributed by atoms with Crippen LogP contribution in [-0.2, 0) is 8.22 Å². The molecule has 156 valence electrons. The Kier molecular flexibility index (Phi) is 7.91. The average Bonchev–Trinajstić information content (AvgIpc) is 3.22. The Bertz CT molecular complexity index is 1030. The summed E-state index contributed by atoms with van der Waals surface area (Å²) in [5.41, 5.74) is 1.94. The Morgan fingerprint density at radius 2 is 2.13 bits per heavy atom. The third-order valence-electron chi connectivity index (χ3n) is 4.18. The van der Waals surface area contributed by atoms with Crippen LogP contribution < -0.4 is 10.1 Å². The third kappa shape index (κ3) is 6.55. The summed E-state index contributed by atoms with van der Waals surface area (Å²) in [4.78, 5) is 18.4. The van der Waals surface area contributed by atoms with E-state index < -0.39 is 0 Å². The molecule has 0 aliphatic rings. The smallest absolute Gasteiger partial charge is 0.244 e. The van der Waals surface area contributed by atoms with Gasteiger partial charge in [0.2, 0.25) is 5.91 Å². The van der Waals surface area contributed by atoms with Crippen LogP contribution in [0.4, 0.5) is 0 Å². The van der Waals surface area contributed by atoms with Gasteiger partial charge in [0.15, 0.2) is 0 Å². The second-order valence-electron chi connectivity index (χ2n) is 7.04. The molecule has 4 nitrogen and oxygen atoms in total. The molecule has 30 heavy (non-hydrogen) atoms. The van der Waals surface area contributed by atoms with Crippen molar-refractivity contribution in [3.63, 3.8) is 0 Å². The Morgan fingerprint density at radius 1 is 1.30 bits per heavy atom. The summed E-state index contributed by atoms with van der Waals surface area (Å²) in [6, 6.07) is 13.8. The summed E-state index contributed by atoms with van der Waals surface area (Å²) >= 11 is 10.6. The van der Waals surface area contributed by atoms with Crippen LogP contribution in [0.2, 0.25) is 5.02 Å². The molecule has 7 heteroatoms. The Morgan fingerprint density at radius 3 is 2.80 bits per heavy atom. The van der Waals surface area contributed by atoms with E-state index in [0.717, 1.165) is 11.1 Å². The number of benzene rings is 1. The molecule has 0 saturated heterocycles. The van der Waals surface area contributed by atoms with Gasteiger partial charge in [-0.3, -0.25) is 9.78 Å². The molecule has 2 aromatic heterocycles. The minimum Gasteiger partial charge on any atom is -0.490 e. The number of carbonyl (C=O) groups excluding carboxylic acids is 1. The zero-order chi connectivity index (χ0) is 21.6. The molecule has 3 aromatic rings. The topological polar surface area (TPSA) is 51.2 Å². The highest BCUT2D eigenvalue weighted by atomic mass is 127. The molecule has 0 bridgehead atoms. The molecular weight excluding hydrogens is 531 g/mol. The first-order valence-electron chi connectivity index (χ1n) is 9.41. The molecule has 0 spiro atoms. The molecule has 0 saturated carbocycles. The summed E-state index contributed by atoms with van der Waals surface area (Å²) < 4.78 is 5.82. The zero-order valence-electron chi connectivity index (χ0n) is 16.7. The first-order valence-corrected chi connectivity index (χ1v) is 11.7. The van der Waals surface area contributed by atoms with Crippen molar-refractivity contribution in [2.75, 3.05) is 13.2 Å². The number of thiophene rings is 1. The minimum absolute atomic E-state index is 0.102. The number of nitrogens with zero attached hydrogens (tertiary/aromatic N) is 1. The van der Waals surface area contributed by atoms with E-state index in [1.54, 1.807) is 29.8 Å². The fourth-order valence-electron chi connectivity index (χ4n) is 2.62. The molecule has 3 rings (SSSR count). The Hall–Kier alpha value is -1.90. The Labute approximate surface area is 199 Å². The van der Waals surface area contributed by atoms with Gasteiger partial charge in [-0.05, 0) is 67.4 Å². The van der Waals surface area contributed by atoms with Gasteiger partial charge in [-0.25, -0.2) is 0 Å². The molecule has 0 aliphatic heterocycles. The van der Waals surface area contributed by atoms with Gasteiger partial charge >= 0.3 is 0 Å². The zero-order valence-corrected chi connectivity index (χ0v) is 20.4. The second-order valence-corrected chi connectivity index (χ2v) is 11.2. The van der Waals surface area contributed by atoms with E-state index in [2.05, 4.69) is 58.9 Å². The molecular formula is C23H22ClIN2O2S. The summed E-state index contributed by atoms with van der Waals surface area (Å²) in [7, 11) is 0. The number of amides is 1. The van der Waals surface area contributed by atoms with Gasteiger partial charge in [0.05, 0.1) is 15.0 Å². The van der Waals surface area contributed by atoms with Crippen LogP contribution in [0.3, 0.4) is 0 Å². The van der Waals surface area contributed by atoms with Crippen LogP contribution >= 0.6 is 45.5 Å². The van der Waals surface area contributed by atoms with Crippen LogP contribution in [0, 0.1) is 0 Å². The second kappa shape index (κ2) is 10.4. The van der Waals surface area contributed by atoms with Crippen LogP contribution in [0.1, 0.15) is 24.3 Å². The number of alkyl halides is 1. The van der Waals surface area contributed by atoms with Crippen molar-refractivity contribution in [3.05, 3.63) is 76.4 Å². The van der Waals surface area contributed by atoms with E-state index in [-0.39, 0.29) is 9.33 Å². The van der Waals surface area contributed by atoms with E-state index in [1.165, 1.54) is 15.8 Å². The highest BCUT2D eigenvalue weighted by Crippen LogP contribution is 2.40. The van der Waals surface area contributed by atoms with Crippen molar-refractivity contribution < 1.29 is 9.53 Å². The maximum absolute atomic E-state index is 11.9. The van der Waals surface area contributed by atoms with Crippen molar-refractivity contribution in [1.29, 1.82) is 0 Å². The standard InChI is InChI=1S/C23H22ClIN2O2S/c1-23(2,25)21-9-8-20(30-21)17-6-7-19(18(24)14-17)29-13-12-27-22(28)10-5-16-4-3-11-26-15-16/h3-11,14-15H,12-13H2,1-2H3,(H,27,28)/b10-5+. The predicted molar refractivity (Wildman–Crippen MR) is 134 cm³/mol. The normalized spacial score (nSPS) is 11.6. The highest BCUT2D eigenvalue weighted by Gasteiger charge is 2.18. The lowest BCUT2D eigenvalue weighted by atomic mass is 10.1. The predicted octanol–water partition coefficient (Wildman–Crippen LogP) is 6.34. The summed E-state index contributed by atoms with van der Waals surface area (Å²) in [5.74, 6) is 0.419. The fourth-order valence-corrected chi connectivity index (χ4v) is 4.37. The highest BCUT2D eigenvalue weighted by molar-refractivity contribution is 14.1. The Balaban J connectivity index is 1.50. The monoisotopic (exact) mass is 552 g/mol. The van der Waals surface area contributed by atoms with Crippen molar-refractivity contribution in [2.24, 2.45) is 0 Å². The van der Waals surface area contributed by atoms with E-state index in [9.17, 15) is 4.79 Å². The number of aromatic nitrogens is 1. The lowest BCUT2D eigenvalue weighted by Gasteiger charge is -2.13. The van der Waals surface area contributed by atoms with Gasteiger partial charge in [0.25, 0.3) is 0 Å². The molecule has 0 unspecified atom stereocenters. The number of nitrogens with one attached hydrogen (secondary N) is 1. The van der Waals surface area contributed by atoms with Gasteiger partial charge < -0.3 is 10.1 Å². The molecule has 1 N–H and O–H groups in total. The van der Waals surface area contributed by atoms with Gasteiger partial charge in [-0.1, -0.05) is 40.3 Å². The maximum atomic E-state index is 11.9. The molecule has 0 radical (unpaired) electrons. The fraction of sp³-hybridized carbons (Fsp3) is 0.217. The molecule has 1 amide bonds. The van der Waals surface area contributed by atoms with Crippen LogP contribution in [-0.4, -0.2) is 24.0 Å². The van der Waals surface area contributed by atoms with E-state index in [1.807, 2.05) is 30.3 Å². The molecule has 0 fully saturated rings. The van der Waals surface area contributed by atoms with E-state index in [0.29, 0.717) is 23.9 Å². The van der Waals surface area contributed by atoms with Gasteiger partial charge in [-0.2, -0.15) is 0 Å². The van der Waals surface area contributed by atoms with E-state index >= 15 is 0 Å². The summed E-state index contributed by atoms with van der Waals surface area (Å²) in [5, 5.41) is 3.34. The van der Waals surface area contributed by atoms with Crippen LogP contribution in [0.15, 0.2) is 60.9 Å². The van der Waals surface area contributed by atoms with Gasteiger partial charge in [0, 0.05) is 28.2 Å². The summed E-state index contributed by atoms with van der Waals surface area (Å²) in [6.45, 7) is 5.10. The number of rotatable bonds is 8. The number of hydrogen-bond donors (Lipinski definition) is 1. The summed E-state index contributed by atoms with van der Waals surface area (Å²) in [6.07, 6.45) is 6.58. The molecule has 2 heterocycles. The van der Waals surface area contributed by atoms with Gasteiger partial charge in [0.1, 0.15) is 12.4 Å². The third-order valence-corrected chi connectivity index (χ3v) is 6.88. The number of ether oxygens (including phenoxy) is 1. The van der Waals surface area contributed by atoms with Gasteiger partial charge in [-0.15, -0.1) is 11.3 Å². The lowest BCUT2D eigenvalue weighted by molar-refractivity contribution is -0.116. The quantitative estimate of drug-likeness (QED) is 0.154.